The fourth-order valence-electron chi connectivity index (χ4n) is 2.18. The number of amides is 1. The highest BCUT2D eigenvalue weighted by Gasteiger charge is 2.16. The summed E-state index contributed by atoms with van der Waals surface area (Å²) in [7, 11) is 0. The van der Waals surface area contributed by atoms with Gasteiger partial charge in [-0.3, -0.25) is 4.79 Å². The molecule has 0 saturated heterocycles. The Bertz CT molecular complexity index is 346. The first-order valence-corrected chi connectivity index (χ1v) is 7.41. The summed E-state index contributed by atoms with van der Waals surface area (Å²) in [6, 6.07) is 10.7. The van der Waals surface area contributed by atoms with Crippen LogP contribution in [-0.4, -0.2) is 17.7 Å². The molecule has 0 unspecified atom stereocenters. The van der Waals surface area contributed by atoms with Gasteiger partial charge in [-0.1, -0.05) is 43.2 Å². The Kier molecular flexibility index (Phi) is 4.92. The van der Waals surface area contributed by atoms with Crippen molar-refractivity contribution in [3.05, 3.63) is 35.9 Å². The number of hydrogen-bond donors (Lipinski definition) is 1. The van der Waals surface area contributed by atoms with Crippen LogP contribution >= 0.6 is 11.8 Å². The van der Waals surface area contributed by atoms with E-state index in [1.165, 1.54) is 18.4 Å². The van der Waals surface area contributed by atoms with Crippen molar-refractivity contribution in [3.8, 4) is 0 Å². The molecule has 0 heterocycles. The fourth-order valence-corrected chi connectivity index (χ4v) is 2.97. The number of rotatable bonds is 5. The topological polar surface area (TPSA) is 29.1 Å². The van der Waals surface area contributed by atoms with Crippen LogP contribution in [0.25, 0.3) is 0 Å². The molecule has 1 fully saturated rings. The standard InChI is InChI=1S/C14H19NOS/c16-14(15-13-8-4-5-9-13)11-17-10-12-6-2-1-3-7-12/h1-3,6-7,13H,4-5,8-11H2,(H,15,16). The Hall–Kier alpha value is -0.960. The highest BCUT2D eigenvalue weighted by atomic mass is 32.2. The average molecular weight is 249 g/mol. The van der Waals surface area contributed by atoms with Crippen LogP contribution in [-0.2, 0) is 10.5 Å². The molecule has 17 heavy (non-hydrogen) atoms. The van der Waals surface area contributed by atoms with Gasteiger partial charge < -0.3 is 5.32 Å². The second kappa shape index (κ2) is 6.70. The van der Waals surface area contributed by atoms with Crippen LogP contribution < -0.4 is 5.32 Å². The number of thioether (sulfide) groups is 1. The van der Waals surface area contributed by atoms with Crippen LogP contribution in [0, 0.1) is 0 Å². The van der Waals surface area contributed by atoms with Crippen molar-refractivity contribution in [2.75, 3.05) is 5.75 Å². The molecule has 0 aromatic heterocycles. The lowest BCUT2D eigenvalue weighted by Crippen LogP contribution is -2.33. The largest absolute Gasteiger partial charge is 0.353 e. The minimum absolute atomic E-state index is 0.192. The lowest BCUT2D eigenvalue weighted by Gasteiger charge is -2.11. The number of nitrogens with one attached hydrogen (secondary N) is 1. The SMILES string of the molecule is O=C(CSCc1ccccc1)NC1CCCC1. The summed E-state index contributed by atoms with van der Waals surface area (Å²) < 4.78 is 0. The molecule has 1 aliphatic rings. The van der Waals surface area contributed by atoms with E-state index in [2.05, 4.69) is 17.4 Å². The third-order valence-electron chi connectivity index (χ3n) is 3.06. The lowest BCUT2D eigenvalue weighted by molar-refractivity contribution is -0.119. The smallest absolute Gasteiger partial charge is 0.230 e. The van der Waals surface area contributed by atoms with Crippen molar-refractivity contribution >= 4 is 17.7 Å². The molecule has 0 bridgehead atoms. The zero-order valence-corrected chi connectivity index (χ0v) is 10.8. The number of carbonyl (C=O) groups excluding carboxylic acids is 1. The van der Waals surface area contributed by atoms with Gasteiger partial charge in [0.15, 0.2) is 0 Å². The Morgan fingerprint density at radius 1 is 1.24 bits per heavy atom. The van der Waals surface area contributed by atoms with Crippen molar-refractivity contribution in [1.29, 1.82) is 0 Å². The Morgan fingerprint density at radius 3 is 2.65 bits per heavy atom. The van der Waals surface area contributed by atoms with E-state index < -0.39 is 0 Å². The van der Waals surface area contributed by atoms with E-state index in [4.69, 9.17) is 0 Å². The van der Waals surface area contributed by atoms with E-state index in [0.29, 0.717) is 11.8 Å². The van der Waals surface area contributed by atoms with Crippen molar-refractivity contribution in [2.45, 2.75) is 37.5 Å². The predicted octanol–water partition coefficient (Wildman–Crippen LogP) is 2.98. The third-order valence-corrected chi connectivity index (χ3v) is 4.07. The minimum Gasteiger partial charge on any atom is -0.353 e. The van der Waals surface area contributed by atoms with Gasteiger partial charge >= 0.3 is 0 Å². The molecule has 3 heteroatoms. The second-order valence-corrected chi connectivity index (χ2v) is 5.51. The van der Waals surface area contributed by atoms with Crippen molar-refractivity contribution < 1.29 is 4.79 Å². The molecule has 1 aromatic carbocycles. The second-order valence-electron chi connectivity index (χ2n) is 4.53. The molecule has 0 spiro atoms. The van der Waals surface area contributed by atoms with Crippen LogP contribution in [0.1, 0.15) is 31.2 Å². The van der Waals surface area contributed by atoms with E-state index >= 15 is 0 Å². The van der Waals surface area contributed by atoms with Gasteiger partial charge in [0.05, 0.1) is 5.75 Å². The normalized spacial score (nSPS) is 16.0. The van der Waals surface area contributed by atoms with Gasteiger partial charge in [-0.25, -0.2) is 0 Å². The molecule has 1 saturated carbocycles. The molecule has 0 radical (unpaired) electrons. The van der Waals surface area contributed by atoms with Crippen molar-refractivity contribution in [1.82, 2.24) is 5.32 Å². The van der Waals surface area contributed by atoms with Crippen LogP contribution in [0.5, 0.6) is 0 Å². The van der Waals surface area contributed by atoms with Crippen LogP contribution in [0.3, 0.4) is 0 Å². The third kappa shape index (κ3) is 4.43. The lowest BCUT2D eigenvalue weighted by atomic mass is 10.2. The van der Waals surface area contributed by atoms with Crippen LogP contribution in [0.4, 0.5) is 0 Å². The van der Waals surface area contributed by atoms with Gasteiger partial charge in [0.25, 0.3) is 0 Å². The Morgan fingerprint density at radius 2 is 1.94 bits per heavy atom. The molecular formula is C14H19NOS. The zero-order chi connectivity index (χ0) is 11.9. The van der Waals surface area contributed by atoms with Crippen molar-refractivity contribution in [2.24, 2.45) is 0 Å². The first-order chi connectivity index (χ1) is 8.34. The molecule has 0 atom stereocenters. The van der Waals surface area contributed by atoms with Gasteiger partial charge in [0.2, 0.25) is 5.91 Å². The molecule has 1 aromatic rings. The van der Waals surface area contributed by atoms with Gasteiger partial charge in [-0.05, 0) is 18.4 Å². The molecule has 1 amide bonds. The average Bonchev–Trinajstić information content (AvgIpc) is 2.83. The minimum atomic E-state index is 0.192. The predicted molar refractivity (Wildman–Crippen MR) is 73.0 cm³/mol. The Balaban J connectivity index is 1.63. The number of carbonyl (C=O) groups is 1. The van der Waals surface area contributed by atoms with Crippen LogP contribution in [0.2, 0.25) is 0 Å². The van der Waals surface area contributed by atoms with E-state index in [1.807, 2.05) is 18.2 Å². The van der Waals surface area contributed by atoms with Gasteiger partial charge in [-0.2, -0.15) is 0 Å². The monoisotopic (exact) mass is 249 g/mol. The van der Waals surface area contributed by atoms with E-state index in [-0.39, 0.29) is 5.91 Å². The summed E-state index contributed by atoms with van der Waals surface area (Å²) in [5.41, 5.74) is 1.28. The molecule has 2 nitrogen and oxygen atoms in total. The quantitative estimate of drug-likeness (QED) is 0.869. The van der Waals surface area contributed by atoms with Crippen molar-refractivity contribution in [3.63, 3.8) is 0 Å². The number of hydrogen-bond acceptors (Lipinski definition) is 2. The first-order valence-electron chi connectivity index (χ1n) is 6.25. The van der Waals surface area contributed by atoms with E-state index in [1.54, 1.807) is 11.8 Å². The van der Waals surface area contributed by atoms with E-state index in [9.17, 15) is 4.79 Å². The van der Waals surface area contributed by atoms with Gasteiger partial charge in [-0.15, -0.1) is 11.8 Å². The summed E-state index contributed by atoms with van der Waals surface area (Å²) in [6.07, 6.45) is 4.86. The summed E-state index contributed by atoms with van der Waals surface area (Å²) >= 11 is 1.69. The van der Waals surface area contributed by atoms with Gasteiger partial charge in [0, 0.05) is 11.8 Å². The summed E-state index contributed by atoms with van der Waals surface area (Å²) in [5.74, 6) is 1.68. The fraction of sp³-hybridized carbons (Fsp3) is 0.500. The summed E-state index contributed by atoms with van der Waals surface area (Å²) in [4.78, 5) is 11.7. The molecular weight excluding hydrogens is 230 g/mol. The first kappa shape index (κ1) is 12.5. The summed E-state index contributed by atoms with van der Waals surface area (Å²) in [5, 5.41) is 3.11. The zero-order valence-electron chi connectivity index (χ0n) is 10.0. The Labute approximate surface area is 107 Å². The van der Waals surface area contributed by atoms with Crippen LogP contribution in [0.15, 0.2) is 30.3 Å². The molecule has 1 N–H and O–H groups in total. The maximum Gasteiger partial charge on any atom is 0.230 e. The number of benzene rings is 1. The molecule has 1 aliphatic carbocycles. The highest BCUT2D eigenvalue weighted by Crippen LogP contribution is 2.18. The highest BCUT2D eigenvalue weighted by molar-refractivity contribution is 7.99. The van der Waals surface area contributed by atoms with Gasteiger partial charge in [0.1, 0.15) is 0 Å². The maximum atomic E-state index is 11.7. The molecule has 2 rings (SSSR count). The van der Waals surface area contributed by atoms with E-state index in [0.717, 1.165) is 18.6 Å². The maximum absolute atomic E-state index is 11.7. The molecule has 0 aliphatic heterocycles. The molecule has 92 valence electrons. The summed E-state index contributed by atoms with van der Waals surface area (Å²) in [6.45, 7) is 0.